The van der Waals surface area contributed by atoms with E-state index in [0.29, 0.717) is 16.6 Å². The first kappa shape index (κ1) is 12.2. The molecule has 0 atom stereocenters. The Morgan fingerprint density at radius 1 is 1.53 bits per heavy atom. The van der Waals surface area contributed by atoms with Crippen molar-refractivity contribution in [2.24, 2.45) is 0 Å². The number of benzene rings is 1. The molecule has 0 aliphatic carbocycles. The van der Waals surface area contributed by atoms with Crippen molar-refractivity contribution in [1.82, 2.24) is 0 Å². The monoisotopic (exact) mass is 273 g/mol. The van der Waals surface area contributed by atoms with Gasteiger partial charge in [0.1, 0.15) is 5.82 Å². The Kier molecular flexibility index (Phi) is 4.75. The summed E-state index contributed by atoms with van der Waals surface area (Å²) in [6, 6.07) is 4.19. The number of amides is 1. The number of nitrogens with one attached hydrogen (secondary N) is 1. The van der Waals surface area contributed by atoms with Gasteiger partial charge in [0.2, 0.25) is 5.91 Å². The molecular formula is C11H13BrFNO. The molecule has 0 unspecified atom stereocenters. The van der Waals surface area contributed by atoms with Crippen LogP contribution < -0.4 is 5.32 Å². The second kappa shape index (κ2) is 5.85. The van der Waals surface area contributed by atoms with Crippen LogP contribution in [0.25, 0.3) is 0 Å². The molecule has 82 valence electrons. The Balaban J connectivity index is 2.60. The van der Waals surface area contributed by atoms with Gasteiger partial charge in [-0.25, -0.2) is 4.39 Å². The molecule has 0 spiro atoms. The van der Waals surface area contributed by atoms with Gasteiger partial charge in [0, 0.05) is 10.9 Å². The van der Waals surface area contributed by atoms with Crippen LogP contribution in [0, 0.1) is 5.82 Å². The van der Waals surface area contributed by atoms with E-state index in [1.165, 1.54) is 12.1 Å². The number of hydrogen-bond acceptors (Lipinski definition) is 1. The van der Waals surface area contributed by atoms with E-state index in [9.17, 15) is 9.18 Å². The van der Waals surface area contributed by atoms with Crippen molar-refractivity contribution in [2.75, 3.05) is 5.32 Å². The minimum Gasteiger partial charge on any atom is -0.325 e. The summed E-state index contributed by atoms with van der Waals surface area (Å²) in [4.78, 5) is 11.4. The Morgan fingerprint density at radius 2 is 2.27 bits per heavy atom. The van der Waals surface area contributed by atoms with Crippen molar-refractivity contribution < 1.29 is 9.18 Å². The van der Waals surface area contributed by atoms with E-state index in [1.54, 1.807) is 6.07 Å². The van der Waals surface area contributed by atoms with Crippen LogP contribution in [-0.2, 0) is 4.79 Å². The molecule has 0 aliphatic heterocycles. The number of anilines is 1. The average Bonchev–Trinajstić information content (AvgIpc) is 2.19. The lowest BCUT2D eigenvalue weighted by Crippen LogP contribution is -2.11. The molecule has 1 N–H and O–H groups in total. The topological polar surface area (TPSA) is 29.1 Å². The maximum absolute atomic E-state index is 12.7. The van der Waals surface area contributed by atoms with Crippen molar-refractivity contribution in [3.63, 3.8) is 0 Å². The smallest absolute Gasteiger partial charge is 0.224 e. The fourth-order valence-electron chi connectivity index (χ4n) is 1.14. The number of carbonyl (C=O) groups excluding carboxylic acids is 1. The van der Waals surface area contributed by atoms with E-state index in [2.05, 4.69) is 21.2 Å². The van der Waals surface area contributed by atoms with Crippen molar-refractivity contribution in [3.8, 4) is 0 Å². The van der Waals surface area contributed by atoms with Crippen molar-refractivity contribution in [2.45, 2.75) is 26.2 Å². The summed E-state index contributed by atoms with van der Waals surface area (Å²) in [6.45, 7) is 2.03. The van der Waals surface area contributed by atoms with E-state index in [0.717, 1.165) is 12.8 Å². The Hall–Kier alpha value is -0.900. The van der Waals surface area contributed by atoms with E-state index < -0.39 is 0 Å². The zero-order chi connectivity index (χ0) is 11.3. The second-order valence-electron chi connectivity index (χ2n) is 3.28. The van der Waals surface area contributed by atoms with Crippen LogP contribution in [0.1, 0.15) is 26.2 Å². The van der Waals surface area contributed by atoms with Gasteiger partial charge >= 0.3 is 0 Å². The third-order valence-electron chi connectivity index (χ3n) is 1.96. The average molecular weight is 274 g/mol. The highest BCUT2D eigenvalue weighted by Gasteiger charge is 2.05. The van der Waals surface area contributed by atoms with Gasteiger partial charge in [0.05, 0.1) is 5.69 Å². The van der Waals surface area contributed by atoms with Gasteiger partial charge in [-0.3, -0.25) is 4.79 Å². The summed E-state index contributed by atoms with van der Waals surface area (Å²) in [5, 5.41) is 2.72. The Bertz CT molecular complexity index is 354. The molecule has 15 heavy (non-hydrogen) atoms. The lowest BCUT2D eigenvalue weighted by atomic mass is 10.2. The van der Waals surface area contributed by atoms with Gasteiger partial charge in [0.15, 0.2) is 0 Å². The predicted octanol–water partition coefficient (Wildman–Crippen LogP) is 3.72. The molecule has 0 saturated heterocycles. The molecule has 0 radical (unpaired) electrons. The van der Waals surface area contributed by atoms with Gasteiger partial charge in [-0.1, -0.05) is 13.3 Å². The summed E-state index contributed by atoms with van der Waals surface area (Å²) in [5.41, 5.74) is 0.609. The van der Waals surface area contributed by atoms with Crippen molar-refractivity contribution >= 4 is 27.5 Å². The molecule has 0 heterocycles. The third kappa shape index (κ3) is 4.00. The minimum absolute atomic E-state index is 0.0378. The second-order valence-corrected chi connectivity index (χ2v) is 4.13. The fourth-order valence-corrected chi connectivity index (χ4v) is 1.59. The lowest BCUT2D eigenvalue weighted by molar-refractivity contribution is -0.116. The molecule has 0 bridgehead atoms. The van der Waals surface area contributed by atoms with Crippen LogP contribution in [0.3, 0.4) is 0 Å². The molecule has 1 aromatic rings. The van der Waals surface area contributed by atoms with Crippen LogP contribution in [-0.4, -0.2) is 5.91 Å². The zero-order valence-electron chi connectivity index (χ0n) is 8.52. The van der Waals surface area contributed by atoms with Gasteiger partial charge in [-0.15, -0.1) is 0 Å². The predicted molar refractivity (Wildman–Crippen MR) is 62.3 cm³/mol. The first-order valence-electron chi connectivity index (χ1n) is 4.88. The minimum atomic E-state index is -0.326. The molecular weight excluding hydrogens is 261 g/mol. The molecule has 2 nitrogen and oxygen atoms in total. The number of rotatable bonds is 4. The number of unbranched alkanes of at least 4 members (excludes halogenated alkanes) is 1. The van der Waals surface area contributed by atoms with Crippen molar-refractivity contribution in [3.05, 3.63) is 28.5 Å². The quantitative estimate of drug-likeness (QED) is 0.890. The molecule has 4 heteroatoms. The summed E-state index contributed by atoms with van der Waals surface area (Å²) in [5.74, 6) is -0.363. The van der Waals surface area contributed by atoms with Crippen LogP contribution in [0.2, 0.25) is 0 Å². The van der Waals surface area contributed by atoms with Gasteiger partial charge in [-0.2, -0.15) is 0 Å². The molecule has 1 rings (SSSR count). The van der Waals surface area contributed by atoms with Crippen LogP contribution >= 0.6 is 15.9 Å². The third-order valence-corrected chi connectivity index (χ3v) is 2.62. The maximum atomic E-state index is 12.7. The Morgan fingerprint density at radius 3 is 2.87 bits per heavy atom. The van der Waals surface area contributed by atoms with Gasteiger partial charge in [-0.05, 0) is 40.5 Å². The highest BCUT2D eigenvalue weighted by atomic mass is 79.9. The molecule has 1 aromatic carbocycles. The first-order chi connectivity index (χ1) is 7.13. The summed E-state index contributed by atoms with van der Waals surface area (Å²) in [6.07, 6.45) is 2.35. The van der Waals surface area contributed by atoms with Crippen LogP contribution in [0.4, 0.5) is 10.1 Å². The van der Waals surface area contributed by atoms with Gasteiger partial charge < -0.3 is 5.32 Å². The van der Waals surface area contributed by atoms with E-state index in [-0.39, 0.29) is 11.7 Å². The van der Waals surface area contributed by atoms with Gasteiger partial charge in [0.25, 0.3) is 0 Å². The van der Waals surface area contributed by atoms with E-state index in [4.69, 9.17) is 0 Å². The maximum Gasteiger partial charge on any atom is 0.224 e. The molecule has 0 aromatic heterocycles. The highest BCUT2D eigenvalue weighted by Crippen LogP contribution is 2.23. The fraction of sp³-hybridized carbons (Fsp3) is 0.364. The van der Waals surface area contributed by atoms with E-state index >= 15 is 0 Å². The van der Waals surface area contributed by atoms with E-state index in [1.807, 2.05) is 6.92 Å². The molecule has 0 fully saturated rings. The van der Waals surface area contributed by atoms with Crippen molar-refractivity contribution in [1.29, 1.82) is 0 Å². The normalized spacial score (nSPS) is 10.1. The lowest BCUT2D eigenvalue weighted by Gasteiger charge is -2.06. The number of hydrogen-bond donors (Lipinski definition) is 1. The Labute approximate surface area is 97.0 Å². The number of halogens is 2. The zero-order valence-corrected chi connectivity index (χ0v) is 10.1. The molecule has 0 aliphatic rings. The molecule has 0 saturated carbocycles. The highest BCUT2D eigenvalue weighted by molar-refractivity contribution is 9.10. The number of carbonyl (C=O) groups is 1. The standard InChI is InChI=1S/C11H13BrFNO/c1-2-3-4-11(15)14-10-6-5-8(13)7-9(10)12/h5-7H,2-4H2,1H3,(H,14,15). The molecule has 1 amide bonds. The first-order valence-corrected chi connectivity index (χ1v) is 5.67. The largest absolute Gasteiger partial charge is 0.325 e. The SMILES string of the molecule is CCCCC(=O)Nc1ccc(F)cc1Br. The summed E-state index contributed by atoms with van der Waals surface area (Å²) >= 11 is 3.19. The van der Waals surface area contributed by atoms with Crippen LogP contribution in [0.15, 0.2) is 22.7 Å². The summed E-state index contributed by atoms with van der Waals surface area (Å²) in [7, 11) is 0. The summed E-state index contributed by atoms with van der Waals surface area (Å²) < 4.78 is 13.3. The van der Waals surface area contributed by atoms with Crippen LogP contribution in [0.5, 0.6) is 0 Å².